The topological polar surface area (TPSA) is 103 Å². The van der Waals surface area contributed by atoms with Crippen molar-refractivity contribution in [2.45, 2.75) is 18.6 Å². The quantitative estimate of drug-likeness (QED) is 0.664. The summed E-state index contributed by atoms with van der Waals surface area (Å²) in [5.74, 6) is -1.09. The molecule has 146 valence electrons. The highest BCUT2D eigenvalue weighted by Gasteiger charge is 2.43. The fourth-order valence-corrected chi connectivity index (χ4v) is 5.44. The molecule has 2 aliphatic heterocycles. The Morgan fingerprint density at radius 2 is 2.04 bits per heavy atom. The fraction of sp³-hybridized carbons (Fsp3) is 0.467. The summed E-state index contributed by atoms with van der Waals surface area (Å²) in [4.78, 5) is 7.32. The Morgan fingerprint density at radius 1 is 1.26 bits per heavy atom. The van der Waals surface area contributed by atoms with Gasteiger partial charge in [-0.25, -0.2) is 4.98 Å². The molecule has 2 saturated heterocycles. The van der Waals surface area contributed by atoms with Crippen molar-refractivity contribution in [2.75, 3.05) is 30.5 Å². The summed E-state index contributed by atoms with van der Waals surface area (Å²) in [6.07, 6.45) is -1.88. The molecule has 1 atom stereocenters. The zero-order valence-corrected chi connectivity index (χ0v) is 14.8. The smallest absolute Gasteiger partial charge is 0.334 e. The number of nitrogens with one attached hydrogen (secondary N) is 1. The van der Waals surface area contributed by atoms with Gasteiger partial charge in [-0.05, 0) is 24.6 Å². The molecule has 2 fully saturated rings. The van der Waals surface area contributed by atoms with Crippen molar-refractivity contribution in [3.8, 4) is 6.19 Å². The van der Waals surface area contributed by atoms with Crippen LogP contribution in [0, 0.1) is 11.5 Å². The van der Waals surface area contributed by atoms with Gasteiger partial charge in [0.2, 0.25) is 5.82 Å². The molecule has 27 heavy (non-hydrogen) atoms. The summed E-state index contributed by atoms with van der Waals surface area (Å²) in [5.41, 5.74) is 0.724. The normalized spacial score (nSPS) is 24.5. The molecule has 2 aromatic rings. The minimum Gasteiger partial charge on any atom is -0.334 e. The van der Waals surface area contributed by atoms with Gasteiger partial charge in [-0.3, -0.25) is 13.4 Å². The lowest BCUT2D eigenvalue weighted by Crippen LogP contribution is -2.38. The van der Waals surface area contributed by atoms with E-state index < -0.39 is 23.0 Å². The van der Waals surface area contributed by atoms with Gasteiger partial charge in [-0.15, -0.1) is 0 Å². The van der Waals surface area contributed by atoms with E-state index in [-0.39, 0.29) is 17.1 Å². The van der Waals surface area contributed by atoms with Gasteiger partial charge in [-0.2, -0.15) is 22.7 Å². The molecule has 0 spiro atoms. The molecule has 8 nitrogen and oxygen atoms in total. The number of halogens is 3. The molecule has 0 saturated carbocycles. The number of hydrogen-bond acceptors (Lipinski definition) is 7. The van der Waals surface area contributed by atoms with Crippen molar-refractivity contribution in [3.63, 3.8) is 0 Å². The third-order valence-electron chi connectivity index (χ3n) is 4.87. The number of anilines is 1. The summed E-state index contributed by atoms with van der Waals surface area (Å²) >= 11 is 0. The predicted octanol–water partition coefficient (Wildman–Crippen LogP) is 2.84. The first-order chi connectivity index (χ1) is 12.7. The van der Waals surface area contributed by atoms with Crippen LogP contribution in [0.25, 0.3) is 11.0 Å². The molecule has 1 unspecified atom stereocenters. The van der Waals surface area contributed by atoms with Crippen LogP contribution in [0.1, 0.15) is 12.2 Å². The number of imidazole rings is 1. The molecule has 1 aromatic heterocycles. The fourth-order valence-electron chi connectivity index (χ4n) is 3.57. The largest absolute Gasteiger partial charge is 0.449 e. The van der Waals surface area contributed by atoms with Crippen LogP contribution in [0.2, 0.25) is 0 Å². The SMILES string of the molecule is N#CN1CCC(N2CCN(c3ccc4nc(C(F)(F)F)[nH]c4c3)S2(O)O)C1. The Balaban J connectivity index is 1.61. The van der Waals surface area contributed by atoms with E-state index in [4.69, 9.17) is 5.26 Å². The molecule has 2 aliphatic rings. The first kappa shape index (κ1) is 18.2. The van der Waals surface area contributed by atoms with Gasteiger partial charge in [0.05, 0.1) is 29.3 Å². The molecule has 0 bridgehead atoms. The van der Waals surface area contributed by atoms with Gasteiger partial charge in [0.25, 0.3) is 0 Å². The molecule has 0 amide bonds. The van der Waals surface area contributed by atoms with Crippen LogP contribution < -0.4 is 4.31 Å². The maximum Gasteiger partial charge on any atom is 0.449 e. The average Bonchev–Trinajstić information content (AvgIpc) is 3.29. The van der Waals surface area contributed by atoms with Gasteiger partial charge in [-0.1, -0.05) is 11.0 Å². The second-order valence-corrected chi connectivity index (χ2v) is 8.40. The number of hydrogen-bond donors (Lipinski definition) is 3. The Labute approximate surface area is 154 Å². The van der Waals surface area contributed by atoms with E-state index in [2.05, 4.69) is 16.2 Å². The maximum absolute atomic E-state index is 12.8. The van der Waals surface area contributed by atoms with Gasteiger partial charge in [0.1, 0.15) is 0 Å². The minimum absolute atomic E-state index is 0.152. The monoisotopic (exact) mass is 402 g/mol. The van der Waals surface area contributed by atoms with Crippen molar-refractivity contribution < 1.29 is 22.3 Å². The van der Waals surface area contributed by atoms with E-state index >= 15 is 0 Å². The van der Waals surface area contributed by atoms with Crippen molar-refractivity contribution >= 4 is 27.7 Å². The van der Waals surface area contributed by atoms with Crippen LogP contribution in [-0.2, 0) is 6.18 Å². The van der Waals surface area contributed by atoms with E-state index in [1.165, 1.54) is 22.5 Å². The third-order valence-corrected chi connectivity index (χ3v) is 6.96. The molecule has 3 N–H and O–H groups in total. The average molecular weight is 402 g/mol. The maximum atomic E-state index is 12.8. The zero-order valence-electron chi connectivity index (χ0n) is 14.0. The molecule has 1 aromatic carbocycles. The lowest BCUT2D eigenvalue weighted by molar-refractivity contribution is -0.144. The van der Waals surface area contributed by atoms with E-state index in [0.717, 1.165) is 0 Å². The van der Waals surface area contributed by atoms with Crippen LogP contribution in [0.3, 0.4) is 0 Å². The van der Waals surface area contributed by atoms with Gasteiger partial charge < -0.3 is 9.88 Å². The number of fused-ring (bicyclic) bond motifs is 1. The summed E-state index contributed by atoms with van der Waals surface area (Å²) < 4.78 is 63.0. The van der Waals surface area contributed by atoms with Crippen molar-refractivity contribution in [3.05, 3.63) is 24.0 Å². The Hall–Kier alpha value is -2.20. The molecule has 3 heterocycles. The van der Waals surface area contributed by atoms with E-state index in [1.54, 1.807) is 9.21 Å². The van der Waals surface area contributed by atoms with Gasteiger partial charge >= 0.3 is 6.18 Å². The number of nitriles is 1. The van der Waals surface area contributed by atoms with Crippen LogP contribution in [0.15, 0.2) is 18.2 Å². The highest BCUT2D eigenvalue weighted by molar-refractivity contribution is 8.23. The van der Waals surface area contributed by atoms with Crippen LogP contribution >= 0.6 is 11.0 Å². The highest BCUT2D eigenvalue weighted by Crippen LogP contribution is 2.55. The van der Waals surface area contributed by atoms with Gasteiger partial charge in [0.15, 0.2) is 6.19 Å². The molecule has 12 heteroatoms. The summed E-state index contributed by atoms with van der Waals surface area (Å²) in [6, 6.07) is 4.22. The van der Waals surface area contributed by atoms with Crippen molar-refractivity contribution in [2.24, 2.45) is 0 Å². The number of likely N-dealkylation sites (tertiary alicyclic amines) is 1. The zero-order chi connectivity index (χ0) is 19.4. The van der Waals surface area contributed by atoms with Crippen molar-refractivity contribution in [1.29, 1.82) is 5.26 Å². The molecule has 0 aliphatic carbocycles. The number of H-pyrrole nitrogens is 1. The highest BCUT2D eigenvalue weighted by atomic mass is 32.3. The van der Waals surface area contributed by atoms with Crippen LogP contribution in [0.5, 0.6) is 0 Å². The number of nitrogens with zero attached hydrogens (tertiary/aromatic N) is 5. The van der Waals surface area contributed by atoms with Crippen molar-refractivity contribution in [1.82, 2.24) is 19.2 Å². The van der Waals surface area contributed by atoms with E-state index in [1.807, 2.05) is 0 Å². The number of rotatable bonds is 2. The predicted molar refractivity (Wildman–Crippen MR) is 93.6 cm³/mol. The molecule has 0 radical (unpaired) electrons. The minimum atomic E-state index is -4.58. The third kappa shape index (κ3) is 3.06. The summed E-state index contributed by atoms with van der Waals surface area (Å²) in [5, 5.41) is 8.99. The summed E-state index contributed by atoms with van der Waals surface area (Å²) in [6.45, 7) is 1.69. The van der Waals surface area contributed by atoms with Crippen LogP contribution in [0.4, 0.5) is 18.9 Å². The van der Waals surface area contributed by atoms with Gasteiger partial charge in [0, 0.05) is 19.6 Å². The van der Waals surface area contributed by atoms with E-state index in [9.17, 15) is 22.3 Å². The standard InChI is InChI=1S/C15H17F3N6O2S/c16-15(17,18)14-20-12-2-1-10(7-13(12)21-14)23-5-6-24(27(23,25)26)11-3-4-22(8-11)9-19/h1-2,7,11,25-26H,3-6,8H2,(H,20,21). The second-order valence-electron chi connectivity index (χ2n) is 6.51. The first-order valence-corrected chi connectivity index (χ1v) is 9.70. The number of aromatic amines is 1. The lowest BCUT2D eigenvalue weighted by atomic mass is 10.2. The Bertz CT molecular complexity index is 911. The first-order valence-electron chi connectivity index (χ1n) is 8.24. The summed E-state index contributed by atoms with van der Waals surface area (Å²) in [7, 11) is -3.31. The Kier molecular flexibility index (Phi) is 4.15. The Morgan fingerprint density at radius 3 is 2.70 bits per heavy atom. The van der Waals surface area contributed by atoms with E-state index in [0.29, 0.717) is 38.3 Å². The molecule has 4 rings (SSSR count). The number of alkyl halides is 3. The second kappa shape index (κ2) is 6.16. The molecular formula is C15H17F3N6O2S. The number of aromatic nitrogens is 2. The lowest BCUT2D eigenvalue weighted by Gasteiger charge is -2.45. The number of benzene rings is 1. The van der Waals surface area contributed by atoms with Crippen LogP contribution in [-0.4, -0.2) is 60.5 Å². The molecular weight excluding hydrogens is 385 g/mol.